The summed E-state index contributed by atoms with van der Waals surface area (Å²) in [6.07, 6.45) is 3.79. The van der Waals surface area contributed by atoms with Gasteiger partial charge in [-0.25, -0.2) is 9.97 Å². The summed E-state index contributed by atoms with van der Waals surface area (Å²) in [4.78, 5) is 35.8. The fraction of sp³-hybridized carbons (Fsp3) is 0.571. The van der Waals surface area contributed by atoms with Gasteiger partial charge in [-0.05, 0) is 65.6 Å². The Morgan fingerprint density at radius 1 is 1.00 bits per heavy atom. The first-order valence-corrected chi connectivity index (χ1v) is 10.6. The summed E-state index contributed by atoms with van der Waals surface area (Å²) in [7, 11) is 0. The minimum atomic E-state index is -0.110. The molecule has 30 heavy (non-hydrogen) atoms. The van der Waals surface area contributed by atoms with Crippen LogP contribution in [0, 0.1) is 26.7 Å². The molecule has 1 aliphatic heterocycles. The second kappa shape index (κ2) is 8.51. The number of carbonyl (C=O) groups excluding carboxylic acids is 2. The third-order valence-corrected chi connectivity index (χ3v) is 5.51. The van der Waals surface area contributed by atoms with Crippen LogP contribution in [-0.4, -0.2) is 62.1 Å². The largest absolute Gasteiger partial charge is 0.353 e. The Kier molecular flexibility index (Phi) is 5.80. The van der Waals surface area contributed by atoms with E-state index in [4.69, 9.17) is 0 Å². The number of nitrogens with zero attached hydrogens (tertiary/aromatic N) is 5. The number of nitrogens with one attached hydrogen (secondary N) is 2. The van der Waals surface area contributed by atoms with Crippen molar-refractivity contribution < 1.29 is 9.59 Å². The average Bonchev–Trinajstić information content (AvgIpc) is 3.42. The SMILES string of the molecule is Cc1cc(C)nc(-n2nc(C)cc2NC(=O)CN2CCC(C(=O)NC3CC3)CC2)n1. The molecule has 3 heterocycles. The summed E-state index contributed by atoms with van der Waals surface area (Å²) in [5.74, 6) is 1.13. The third-order valence-electron chi connectivity index (χ3n) is 5.51. The van der Waals surface area contributed by atoms with Crippen LogP contribution in [0.3, 0.4) is 0 Å². The number of piperidine rings is 1. The van der Waals surface area contributed by atoms with Crippen molar-refractivity contribution in [1.82, 2.24) is 30.0 Å². The Hall–Kier alpha value is -2.81. The maximum absolute atomic E-state index is 12.7. The molecule has 1 saturated heterocycles. The molecule has 160 valence electrons. The second-order valence-electron chi connectivity index (χ2n) is 8.41. The molecular weight excluding hydrogens is 382 g/mol. The predicted molar refractivity (Wildman–Crippen MR) is 112 cm³/mol. The monoisotopic (exact) mass is 411 g/mol. The number of likely N-dealkylation sites (tertiary alicyclic amines) is 1. The van der Waals surface area contributed by atoms with Crippen molar-refractivity contribution >= 4 is 17.6 Å². The molecule has 0 spiro atoms. The average molecular weight is 412 g/mol. The summed E-state index contributed by atoms with van der Waals surface area (Å²) in [6, 6.07) is 4.11. The van der Waals surface area contributed by atoms with Crippen LogP contribution in [0.4, 0.5) is 5.82 Å². The standard InChI is InChI=1S/C21H29N7O2/c1-13-10-14(2)23-21(22-13)28-18(11-15(3)26-28)25-19(29)12-27-8-6-16(7-9-27)20(30)24-17-4-5-17/h10-11,16-17H,4-9,12H2,1-3H3,(H,24,30)(H,25,29). The molecule has 2 aromatic heterocycles. The van der Waals surface area contributed by atoms with Crippen molar-refractivity contribution in [3.05, 3.63) is 29.2 Å². The van der Waals surface area contributed by atoms with Gasteiger partial charge in [0.25, 0.3) is 5.95 Å². The molecule has 2 fully saturated rings. The van der Waals surface area contributed by atoms with Crippen molar-refractivity contribution in [1.29, 1.82) is 0 Å². The van der Waals surface area contributed by atoms with Gasteiger partial charge < -0.3 is 10.6 Å². The highest BCUT2D eigenvalue weighted by Gasteiger charge is 2.30. The van der Waals surface area contributed by atoms with Gasteiger partial charge in [-0.3, -0.25) is 14.5 Å². The number of carbonyl (C=O) groups is 2. The van der Waals surface area contributed by atoms with Crippen LogP contribution in [0.15, 0.2) is 12.1 Å². The molecule has 9 heteroatoms. The Labute approximate surface area is 176 Å². The molecule has 2 aromatic rings. The van der Waals surface area contributed by atoms with Crippen LogP contribution in [0.2, 0.25) is 0 Å². The van der Waals surface area contributed by atoms with Gasteiger partial charge >= 0.3 is 0 Å². The van der Waals surface area contributed by atoms with Crippen molar-refractivity contribution in [2.24, 2.45) is 5.92 Å². The van der Waals surface area contributed by atoms with Gasteiger partial charge in [0.15, 0.2) is 0 Å². The van der Waals surface area contributed by atoms with Crippen molar-refractivity contribution in [2.45, 2.75) is 52.5 Å². The first-order chi connectivity index (χ1) is 14.4. The van der Waals surface area contributed by atoms with Crippen LogP contribution in [0.5, 0.6) is 0 Å². The lowest BCUT2D eigenvalue weighted by atomic mass is 9.96. The lowest BCUT2D eigenvalue weighted by Crippen LogP contribution is -2.43. The molecule has 9 nitrogen and oxygen atoms in total. The normalized spacial score (nSPS) is 17.7. The van der Waals surface area contributed by atoms with Crippen molar-refractivity contribution in [3.63, 3.8) is 0 Å². The number of aromatic nitrogens is 4. The Bertz CT molecular complexity index is 923. The maximum atomic E-state index is 12.7. The number of hydrogen-bond donors (Lipinski definition) is 2. The molecule has 1 aliphatic carbocycles. The molecule has 0 aromatic carbocycles. The first-order valence-electron chi connectivity index (χ1n) is 10.6. The molecule has 0 unspecified atom stereocenters. The molecule has 2 N–H and O–H groups in total. The summed E-state index contributed by atoms with van der Waals surface area (Å²) < 4.78 is 1.57. The smallest absolute Gasteiger partial charge is 0.252 e. The zero-order valence-electron chi connectivity index (χ0n) is 17.8. The molecule has 2 amide bonds. The van der Waals surface area contributed by atoms with Gasteiger partial charge in [0.05, 0.1) is 12.2 Å². The molecule has 0 radical (unpaired) electrons. The summed E-state index contributed by atoms with van der Waals surface area (Å²) in [5.41, 5.74) is 2.46. The molecular formula is C21H29N7O2. The highest BCUT2D eigenvalue weighted by Crippen LogP contribution is 2.23. The quantitative estimate of drug-likeness (QED) is 0.747. The Morgan fingerprint density at radius 2 is 1.67 bits per heavy atom. The van der Waals surface area contributed by atoms with Gasteiger partial charge in [0.2, 0.25) is 11.8 Å². The van der Waals surface area contributed by atoms with E-state index >= 15 is 0 Å². The second-order valence-corrected chi connectivity index (χ2v) is 8.41. The molecule has 0 atom stereocenters. The zero-order chi connectivity index (χ0) is 21.3. The highest BCUT2D eigenvalue weighted by atomic mass is 16.2. The van der Waals surface area contributed by atoms with Gasteiger partial charge in [-0.1, -0.05) is 0 Å². The number of amides is 2. The van der Waals surface area contributed by atoms with Gasteiger partial charge in [0.1, 0.15) is 5.82 Å². The van der Waals surface area contributed by atoms with E-state index in [1.165, 1.54) is 0 Å². The Morgan fingerprint density at radius 3 is 2.30 bits per heavy atom. The highest BCUT2D eigenvalue weighted by molar-refractivity contribution is 5.91. The van der Waals surface area contributed by atoms with E-state index in [1.807, 2.05) is 32.9 Å². The summed E-state index contributed by atoms with van der Waals surface area (Å²) in [6.45, 7) is 7.45. The minimum absolute atomic E-state index is 0.0655. The van der Waals surface area contributed by atoms with Gasteiger partial charge in [-0.15, -0.1) is 0 Å². The predicted octanol–water partition coefficient (Wildman–Crippen LogP) is 1.52. The van der Waals surface area contributed by atoms with E-state index < -0.39 is 0 Å². The van der Waals surface area contributed by atoms with Crippen LogP contribution in [0.1, 0.15) is 42.8 Å². The van der Waals surface area contributed by atoms with E-state index in [1.54, 1.807) is 4.68 Å². The molecule has 4 rings (SSSR count). The van der Waals surface area contributed by atoms with E-state index in [-0.39, 0.29) is 24.3 Å². The summed E-state index contributed by atoms with van der Waals surface area (Å²) in [5, 5.41) is 10.5. The lowest BCUT2D eigenvalue weighted by molar-refractivity contribution is -0.126. The topological polar surface area (TPSA) is 105 Å². The van der Waals surface area contributed by atoms with Gasteiger partial charge in [0, 0.05) is 29.4 Å². The molecule has 2 aliphatic rings. The van der Waals surface area contributed by atoms with E-state index in [2.05, 4.69) is 30.6 Å². The number of anilines is 1. The van der Waals surface area contributed by atoms with Gasteiger partial charge in [-0.2, -0.15) is 9.78 Å². The zero-order valence-corrected chi connectivity index (χ0v) is 17.8. The van der Waals surface area contributed by atoms with Crippen molar-refractivity contribution in [3.8, 4) is 5.95 Å². The number of aryl methyl sites for hydroxylation is 3. The first kappa shape index (κ1) is 20.5. The number of rotatable bonds is 6. The Balaban J connectivity index is 1.34. The fourth-order valence-electron chi connectivity index (χ4n) is 3.83. The van der Waals surface area contributed by atoms with Crippen molar-refractivity contribution in [2.75, 3.05) is 25.0 Å². The number of hydrogen-bond acceptors (Lipinski definition) is 6. The summed E-state index contributed by atoms with van der Waals surface area (Å²) >= 11 is 0. The maximum Gasteiger partial charge on any atom is 0.252 e. The molecule has 1 saturated carbocycles. The third kappa shape index (κ3) is 5.02. The molecule has 0 bridgehead atoms. The van der Waals surface area contributed by atoms with Crippen LogP contribution in [0.25, 0.3) is 5.95 Å². The van der Waals surface area contributed by atoms with E-state index in [9.17, 15) is 9.59 Å². The lowest BCUT2D eigenvalue weighted by Gasteiger charge is -2.30. The van der Waals surface area contributed by atoms with E-state index in [0.29, 0.717) is 17.8 Å². The minimum Gasteiger partial charge on any atom is -0.353 e. The van der Waals surface area contributed by atoms with Crippen LogP contribution >= 0.6 is 0 Å². The fourth-order valence-corrected chi connectivity index (χ4v) is 3.83. The van der Waals surface area contributed by atoms with Crippen LogP contribution in [-0.2, 0) is 9.59 Å². The van der Waals surface area contributed by atoms with Crippen LogP contribution < -0.4 is 10.6 Å². The van der Waals surface area contributed by atoms with E-state index in [0.717, 1.165) is 55.9 Å².